The molecule has 2 heteroatoms. The number of nitrogens with zero attached hydrogens (tertiary/aromatic N) is 1. The maximum atomic E-state index is 3.58. The Kier molecular flexibility index (Phi) is 3.30. The molecule has 4 rings (SSSR count). The van der Waals surface area contributed by atoms with E-state index in [-0.39, 0.29) is 0 Å². The molecule has 0 aliphatic rings. The third-order valence-electron chi connectivity index (χ3n) is 4.49. The first-order valence-corrected chi connectivity index (χ1v) is 8.20. The van der Waals surface area contributed by atoms with Crippen LogP contribution >= 0.6 is 0 Å². The van der Waals surface area contributed by atoms with Gasteiger partial charge >= 0.3 is 0 Å². The molecule has 0 aliphatic heterocycles. The molecule has 4 aromatic rings. The lowest BCUT2D eigenvalue weighted by Crippen LogP contribution is -2.35. The standard InChI is InChI=1S/C20H20N2/c1-2-3-8-13-22-19-12-7-4-9-15(19)14-18-20(22)16-10-5-6-11-17(16)21-18/h4-7,9-12,14H,2-3,8,13H2,1H3/p+1. The normalized spacial score (nSPS) is 11.7. The molecule has 2 aromatic carbocycles. The van der Waals surface area contributed by atoms with Crippen molar-refractivity contribution in [1.29, 1.82) is 0 Å². The van der Waals surface area contributed by atoms with E-state index in [0.29, 0.717) is 0 Å². The Balaban J connectivity index is 2.06. The van der Waals surface area contributed by atoms with E-state index in [0.717, 1.165) is 6.54 Å². The topological polar surface area (TPSA) is 19.7 Å². The summed E-state index contributed by atoms with van der Waals surface area (Å²) in [6, 6.07) is 19.6. The molecule has 0 atom stereocenters. The quantitative estimate of drug-likeness (QED) is 0.405. The van der Waals surface area contributed by atoms with E-state index < -0.39 is 0 Å². The highest BCUT2D eigenvalue weighted by Crippen LogP contribution is 2.25. The van der Waals surface area contributed by atoms with Gasteiger partial charge < -0.3 is 4.98 Å². The molecule has 0 aliphatic carbocycles. The van der Waals surface area contributed by atoms with Gasteiger partial charge in [0.25, 0.3) is 0 Å². The molecular weight excluding hydrogens is 268 g/mol. The highest BCUT2D eigenvalue weighted by molar-refractivity contribution is 6.05. The minimum atomic E-state index is 1.08. The van der Waals surface area contributed by atoms with Gasteiger partial charge in [0.15, 0.2) is 0 Å². The van der Waals surface area contributed by atoms with Crippen LogP contribution in [-0.2, 0) is 6.54 Å². The molecule has 0 amide bonds. The summed E-state index contributed by atoms with van der Waals surface area (Å²) in [6.07, 6.45) is 3.76. The van der Waals surface area contributed by atoms with E-state index in [1.807, 2.05) is 0 Å². The highest BCUT2D eigenvalue weighted by atomic mass is 15.0. The molecule has 22 heavy (non-hydrogen) atoms. The smallest absolute Gasteiger partial charge is 0.238 e. The molecular formula is C20H21N2+. The first-order valence-electron chi connectivity index (χ1n) is 8.20. The molecule has 0 saturated heterocycles. The Morgan fingerprint density at radius 3 is 2.64 bits per heavy atom. The van der Waals surface area contributed by atoms with Crippen LogP contribution in [0.15, 0.2) is 54.6 Å². The SMILES string of the molecule is CCCCC[n+]1c2ccccc2cc2[nH]c3ccccc3c21. The fourth-order valence-electron chi connectivity index (χ4n) is 3.43. The van der Waals surface area contributed by atoms with Gasteiger partial charge in [0.05, 0.1) is 10.9 Å². The van der Waals surface area contributed by atoms with Gasteiger partial charge in [-0.3, -0.25) is 0 Å². The van der Waals surface area contributed by atoms with Crippen molar-refractivity contribution in [1.82, 2.24) is 4.98 Å². The van der Waals surface area contributed by atoms with Crippen LogP contribution in [0.4, 0.5) is 0 Å². The predicted molar refractivity (Wildman–Crippen MR) is 93.0 cm³/mol. The van der Waals surface area contributed by atoms with Crippen LogP contribution in [0.3, 0.4) is 0 Å². The van der Waals surface area contributed by atoms with Crippen LogP contribution in [0.25, 0.3) is 32.8 Å². The molecule has 0 spiro atoms. The number of aromatic nitrogens is 2. The molecule has 2 nitrogen and oxygen atoms in total. The van der Waals surface area contributed by atoms with Crippen molar-refractivity contribution in [3.63, 3.8) is 0 Å². The van der Waals surface area contributed by atoms with E-state index in [4.69, 9.17) is 0 Å². The van der Waals surface area contributed by atoms with Gasteiger partial charge in [0.2, 0.25) is 11.0 Å². The summed E-state index contributed by atoms with van der Waals surface area (Å²) < 4.78 is 2.50. The van der Waals surface area contributed by atoms with Gasteiger partial charge in [-0.25, -0.2) is 0 Å². The summed E-state index contributed by atoms with van der Waals surface area (Å²) >= 11 is 0. The number of fused-ring (bicyclic) bond motifs is 4. The molecule has 2 heterocycles. The molecule has 110 valence electrons. The third kappa shape index (κ3) is 2.07. The maximum Gasteiger partial charge on any atom is 0.238 e. The summed E-state index contributed by atoms with van der Waals surface area (Å²) in [4.78, 5) is 3.58. The Labute approximate surface area is 130 Å². The first kappa shape index (κ1) is 13.3. The number of nitrogens with one attached hydrogen (secondary N) is 1. The summed E-state index contributed by atoms with van der Waals surface area (Å²) in [5, 5.41) is 2.62. The van der Waals surface area contributed by atoms with Crippen molar-refractivity contribution in [2.75, 3.05) is 0 Å². The van der Waals surface area contributed by atoms with Crippen LogP contribution in [-0.4, -0.2) is 4.98 Å². The second-order valence-electron chi connectivity index (χ2n) is 5.99. The zero-order chi connectivity index (χ0) is 14.9. The summed E-state index contributed by atoms with van der Waals surface area (Å²) in [7, 11) is 0. The number of aromatic amines is 1. The minimum Gasteiger partial charge on any atom is -0.349 e. The lowest BCUT2D eigenvalue weighted by molar-refractivity contribution is -0.645. The number of hydrogen-bond donors (Lipinski definition) is 1. The number of para-hydroxylation sites is 2. The summed E-state index contributed by atoms with van der Waals surface area (Å²) in [6.45, 7) is 3.34. The number of hydrogen-bond acceptors (Lipinski definition) is 0. The van der Waals surface area contributed by atoms with Gasteiger partial charge in [-0.05, 0) is 30.7 Å². The Morgan fingerprint density at radius 2 is 1.73 bits per heavy atom. The molecule has 0 saturated carbocycles. The molecule has 0 bridgehead atoms. The first-order chi connectivity index (χ1) is 10.9. The van der Waals surface area contributed by atoms with Crippen molar-refractivity contribution in [3.8, 4) is 0 Å². The van der Waals surface area contributed by atoms with E-state index in [2.05, 4.69) is 71.1 Å². The van der Waals surface area contributed by atoms with Crippen molar-refractivity contribution in [2.24, 2.45) is 0 Å². The molecule has 2 aromatic heterocycles. The fourth-order valence-corrected chi connectivity index (χ4v) is 3.43. The summed E-state index contributed by atoms with van der Waals surface area (Å²) in [5.41, 5.74) is 5.12. The van der Waals surface area contributed by atoms with Crippen LogP contribution in [0.1, 0.15) is 26.2 Å². The maximum absolute atomic E-state index is 3.58. The van der Waals surface area contributed by atoms with Crippen LogP contribution < -0.4 is 4.57 Å². The number of benzene rings is 2. The van der Waals surface area contributed by atoms with Gasteiger partial charge in [-0.2, -0.15) is 4.57 Å². The molecule has 1 N–H and O–H groups in total. The van der Waals surface area contributed by atoms with E-state index >= 15 is 0 Å². The Morgan fingerprint density at radius 1 is 0.909 bits per heavy atom. The van der Waals surface area contributed by atoms with Gasteiger partial charge in [0.1, 0.15) is 12.1 Å². The van der Waals surface area contributed by atoms with Gasteiger partial charge in [-0.1, -0.05) is 37.6 Å². The zero-order valence-electron chi connectivity index (χ0n) is 13.0. The predicted octanol–water partition coefficient (Wildman–Crippen LogP) is 4.95. The highest BCUT2D eigenvalue weighted by Gasteiger charge is 2.19. The summed E-state index contributed by atoms with van der Waals surface area (Å²) in [5.74, 6) is 0. The lowest BCUT2D eigenvalue weighted by atomic mass is 10.1. The number of H-pyrrole nitrogens is 1. The average molecular weight is 289 g/mol. The molecule has 0 fully saturated rings. The third-order valence-corrected chi connectivity index (χ3v) is 4.49. The Bertz CT molecular complexity index is 950. The van der Waals surface area contributed by atoms with Crippen LogP contribution in [0.5, 0.6) is 0 Å². The second kappa shape index (κ2) is 5.45. The average Bonchev–Trinajstić information content (AvgIpc) is 2.92. The van der Waals surface area contributed by atoms with E-state index in [9.17, 15) is 0 Å². The fraction of sp³-hybridized carbons (Fsp3) is 0.250. The largest absolute Gasteiger partial charge is 0.349 e. The minimum absolute atomic E-state index is 1.08. The van der Waals surface area contributed by atoms with Crippen LogP contribution in [0.2, 0.25) is 0 Å². The lowest BCUT2D eigenvalue weighted by Gasteiger charge is -2.04. The second-order valence-corrected chi connectivity index (χ2v) is 5.99. The molecule has 0 radical (unpaired) electrons. The van der Waals surface area contributed by atoms with Crippen molar-refractivity contribution in [2.45, 2.75) is 32.7 Å². The number of rotatable bonds is 4. The zero-order valence-corrected chi connectivity index (χ0v) is 13.0. The van der Waals surface area contributed by atoms with Crippen molar-refractivity contribution in [3.05, 3.63) is 54.6 Å². The van der Waals surface area contributed by atoms with Gasteiger partial charge in [0, 0.05) is 17.9 Å². The van der Waals surface area contributed by atoms with Crippen LogP contribution in [0, 0.1) is 0 Å². The van der Waals surface area contributed by atoms with Crippen molar-refractivity contribution < 1.29 is 4.57 Å². The Hall–Kier alpha value is -2.35. The number of unbranched alkanes of at least 4 members (excludes halogenated alkanes) is 2. The monoisotopic (exact) mass is 289 g/mol. The number of aryl methyl sites for hydroxylation is 1. The van der Waals surface area contributed by atoms with E-state index in [1.54, 1.807) is 0 Å². The van der Waals surface area contributed by atoms with Gasteiger partial charge in [-0.15, -0.1) is 0 Å². The van der Waals surface area contributed by atoms with Crippen molar-refractivity contribution >= 4 is 32.8 Å². The molecule has 0 unspecified atom stereocenters. The van der Waals surface area contributed by atoms with E-state index in [1.165, 1.54) is 52.1 Å². The number of pyridine rings is 1.